The fourth-order valence-electron chi connectivity index (χ4n) is 1.93. The summed E-state index contributed by atoms with van der Waals surface area (Å²) >= 11 is 0. The van der Waals surface area contributed by atoms with Crippen molar-refractivity contribution in [3.63, 3.8) is 0 Å². The van der Waals surface area contributed by atoms with Crippen molar-refractivity contribution in [2.45, 2.75) is 44.4 Å². The number of rotatable bonds is 2. The number of H-pyrrole nitrogens is 1. The second-order valence-electron chi connectivity index (χ2n) is 4.26. The summed E-state index contributed by atoms with van der Waals surface area (Å²) in [6.45, 7) is 4.15. The van der Waals surface area contributed by atoms with Crippen LogP contribution in [0, 0.1) is 11.3 Å². The summed E-state index contributed by atoms with van der Waals surface area (Å²) in [4.78, 5) is 0. The second kappa shape index (κ2) is 3.09. The van der Waals surface area contributed by atoms with Gasteiger partial charge in [-0.15, -0.1) is 0 Å². The summed E-state index contributed by atoms with van der Waals surface area (Å²) in [6.07, 6.45) is 2.98. The average Bonchev–Trinajstić information content (AvgIpc) is 2.52. The molecule has 0 aliphatic heterocycles. The molecule has 14 heavy (non-hydrogen) atoms. The predicted octanol–water partition coefficient (Wildman–Crippen LogP) is 1.87. The van der Waals surface area contributed by atoms with Gasteiger partial charge in [0.2, 0.25) is 0 Å². The van der Waals surface area contributed by atoms with E-state index in [2.05, 4.69) is 35.3 Å². The van der Waals surface area contributed by atoms with Gasteiger partial charge in [0.15, 0.2) is 0 Å². The summed E-state index contributed by atoms with van der Waals surface area (Å²) in [5.41, 5.74) is 1.49. The van der Waals surface area contributed by atoms with E-state index in [1.807, 2.05) is 0 Å². The first-order chi connectivity index (χ1) is 6.69. The van der Waals surface area contributed by atoms with Crippen molar-refractivity contribution >= 4 is 0 Å². The van der Waals surface area contributed by atoms with Crippen LogP contribution < -0.4 is 0 Å². The van der Waals surface area contributed by atoms with Gasteiger partial charge in [-0.1, -0.05) is 13.8 Å². The maximum atomic E-state index is 9.18. The summed E-state index contributed by atoms with van der Waals surface area (Å²) in [5.74, 6) is 0.328. The highest BCUT2D eigenvalue weighted by atomic mass is 15.3. The molecule has 0 amide bonds. The van der Waals surface area contributed by atoms with Gasteiger partial charge in [0.1, 0.15) is 11.1 Å². The molecule has 0 spiro atoms. The molecule has 1 aromatic heterocycles. The van der Waals surface area contributed by atoms with Crippen molar-refractivity contribution in [1.82, 2.24) is 15.4 Å². The van der Waals surface area contributed by atoms with Gasteiger partial charge in [0.25, 0.3) is 0 Å². The van der Waals surface area contributed by atoms with E-state index in [1.165, 1.54) is 0 Å². The van der Waals surface area contributed by atoms with E-state index in [0.29, 0.717) is 5.92 Å². The molecule has 4 nitrogen and oxygen atoms in total. The maximum Gasteiger partial charge on any atom is 0.106 e. The van der Waals surface area contributed by atoms with E-state index < -0.39 is 0 Å². The van der Waals surface area contributed by atoms with Crippen molar-refractivity contribution in [3.05, 3.63) is 11.4 Å². The van der Waals surface area contributed by atoms with Crippen molar-refractivity contribution in [2.75, 3.05) is 0 Å². The number of hydrogen-bond acceptors (Lipinski definition) is 3. The quantitative estimate of drug-likeness (QED) is 0.774. The standard InChI is InChI=1S/C10H14N4/c1-7(2)8-9(13-14-12-8)10(6-11)4-3-5-10/h7H,3-5H2,1-2H3,(H,12,13,14). The lowest BCUT2D eigenvalue weighted by Gasteiger charge is -2.34. The zero-order valence-corrected chi connectivity index (χ0v) is 8.54. The van der Waals surface area contributed by atoms with E-state index in [-0.39, 0.29) is 5.41 Å². The Bertz CT molecular complexity index is 368. The molecule has 2 rings (SSSR count). The Kier molecular flexibility index (Phi) is 2.03. The molecule has 1 aliphatic carbocycles. The Morgan fingerprint density at radius 1 is 1.43 bits per heavy atom. The lowest BCUT2D eigenvalue weighted by atomic mass is 9.67. The highest BCUT2D eigenvalue weighted by Crippen LogP contribution is 2.44. The topological polar surface area (TPSA) is 65.4 Å². The Hall–Kier alpha value is -1.37. The molecule has 0 atom stereocenters. The Labute approximate surface area is 83.3 Å². The molecule has 74 valence electrons. The normalized spacial score (nSPS) is 19.0. The average molecular weight is 190 g/mol. The molecule has 1 aromatic rings. The van der Waals surface area contributed by atoms with Gasteiger partial charge in [0.05, 0.1) is 11.8 Å². The maximum absolute atomic E-state index is 9.18. The number of nitriles is 1. The second-order valence-corrected chi connectivity index (χ2v) is 4.26. The molecule has 1 saturated carbocycles. The highest BCUT2D eigenvalue weighted by Gasteiger charge is 2.43. The van der Waals surface area contributed by atoms with Crippen LogP contribution in [0.2, 0.25) is 0 Å². The minimum Gasteiger partial charge on any atom is -0.197 e. The number of nitrogens with zero attached hydrogens (tertiary/aromatic N) is 3. The van der Waals surface area contributed by atoms with E-state index in [1.54, 1.807) is 0 Å². The highest BCUT2D eigenvalue weighted by molar-refractivity contribution is 5.33. The van der Waals surface area contributed by atoms with Crippen LogP contribution in [0.3, 0.4) is 0 Å². The summed E-state index contributed by atoms with van der Waals surface area (Å²) in [5, 5.41) is 20.1. The van der Waals surface area contributed by atoms with Crippen LogP contribution in [-0.4, -0.2) is 15.4 Å². The van der Waals surface area contributed by atoms with Gasteiger partial charge < -0.3 is 0 Å². The van der Waals surface area contributed by atoms with Crippen LogP contribution in [-0.2, 0) is 5.41 Å². The lowest BCUT2D eigenvalue weighted by molar-refractivity contribution is 0.313. The third-order valence-electron chi connectivity index (χ3n) is 3.00. The van der Waals surface area contributed by atoms with Gasteiger partial charge in [0, 0.05) is 0 Å². The summed E-state index contributed by atoms with van der Waals surface area (Å²) in [6, 6.07) is 2.39. The van der Waals surface area contributed by atoms with Crippen LogP contribution in [0.4, 0.5) is 0 Å². The Morgan fingerprint density at radius 3 is 2.57 bits per heavy atom. The van der Waals surface area contributed by atoms with E-state index in [9.17, 15) is 5.26 Å². The van der Waals surface area contributed by atoms with Crippen molar-refractivity contribution in [2.24, 2.45) is 0 Å². The number of nitrogens with one attached hydrogen (secondary N) is 1. The fourth-order valence-corrected chi connectivity index (χ4v) is 1.93. The van der Waals surface area contributed by atoms with Crippen molar-refractivity contribution in [3.8, 4) is 6.07 Å². The summed E-state index contributed by atoms with van der Waals surface area (Å²) < 4.78 is 0. The SMILES string of the molecule is CC(C)c1n[nH]nc1C1(C#N)CCC1. The first kappa shape index (κ1) is 9.20. The minimum atomic E-state index is -0.341. The molecule has 0 radical (unpaired) electrons. The molecule has 1 N–H and O–H groups in total. The monoisotopic (exact) mass is 190 g/mol. The Balaban J connectivity index is 2.41. The van der Waals surface area contributed by atoms with Crippen LogP contribution >= 0.6 is 0 Å². The van der Waals surface area contributed by atoms with Gasteiger partial charge in [-0.2, -0.15) is 20.7 Å². The first-order valence-electron chi connectivity index (χ1n) is 5.02. The number of hydrogen-bond donors (Lipinski definition) is 1. The molecule has 4 heteroatoms. The smallest absolute Gasteiger partial charge is 0.106 e. The van der Waals surface area contributed by atoms with E-state index in [0.717, 1.165) is 30.7 Å². The molecule has 0 saturated heterocycles. The largest absolute Gasteiger partial charge is 0.197 e. The van der Waals surface area contributed by atoms with Gasteiger partial charge in [-0.05, 0) is 25.2 Å². The first-order valence-corrected chi connectivity index (χ1v) is 5.02. The lowest BCUT2D eigenvalue weighted by Crippen LogP contribution is -2.34. The van der Waals surface area contributed by atoms with E-state index >= 15 is 0 Å². The third kappa shape index (κ3) is 1.12. The molecular formula is C10H14N4. The molecule has 1 aliphatic rings. The predicted molar refractivity (Wildman–Crippen MR) is 51.6 cm³/mol. The number of aromatic nitrogens is 3. The molecule has 0 bridgehead atoms. The fraction of sp³-hybridized carbons (Fsp3) is 0.700. The molecule has 0 unspecified atom stereocenters. The number of aromatic amines is 1. The van der Waals surface area contributed by atoms with Crippen LogP contribution in [0.15, 0.2) is 0 Å². The molecule has 0 aromatic carbocycles. The minimum absolute atomic E-state index is 0.328. The van der Waals surface area contributed by atoms with Crippen LogP contribution in [0.25, 0.3) is 0 Å². The third-order valence-corrected chi connectivity index (χ3v) is 3.00. The molecular weight excluding hydrogens is 176 g/mol. The Morgan fingerprint density at radius 2 is 2.14 bits per heavy atom. The van der Waals surface area contributed by atoms with E-state index in [4.69, 9.17) is 0 Å². The van der Waals surface area contributed by atoms with Gasteiger partial charge in [-0.25, -0.2) is 0 Å². The van der Waals surface area contributed by atoms with Gasteiger partial charge in [-0.3, -0.25) is 0 Å². The zero-order valence-electron chi connectivity index (χ0n) is 8.54. The molecule has 1 heterocycles. The zero-order chi connectivity index (χ0) is 10.2. The molecule has 1 fully saturated rings. The van der Waals surface area contributed by atoms with Gasteiger partial charge >= 0.3 is 0 Å². The van der Waals surface area contributed by atoms with Crippen molar-refractivity contribution in [1.29, 1.82) is 5.26 Å². The summed E-state index contributed by atoms with van der Waals surface area (Å²) in [7, 11) is 0. The van der Waals surface area contributed by atoms with Crippen molar-refractivity contribution < 1.29 is 0 Å². The van der Waals surface area contributed by atoms with Crippen LogP contribution in [0.1, 0.15) is 50.4 Å². The van der Waals surface area contributed by atoms with Crippen LogP contribution in [0.5, 0.6) is 0 Å².